The van der Waals surface area contributed by atoms with Crippen LogP contribution in [0.15, 0.2) is 60.7 Å². The second-order valence-electron chi connectivity index (χ2n) is 7.00. The van der Waals surface area contributed by atoms with Gasteiger partial charge in [-0.3, -0.25) is 5.32 Å². The molecule has 9 heteroatoms. The predicted molar refractivity (Wildman–Crippen MR) is 106 cm³/mol. The number of para-hydroxylation sites is 1. The zero-order valence-corrected chi connectivity index (χ0v) is 16.4. The van der Waals surface area contributed by atoms with Crippen LogP contribution in [0.5, 0.6) is 0 Å². The number of fused-ring (bicyclic) bond motifs is 1. The largest absolute Gasteiger partial charge is 0.441 e. The number of carbonyl (C=O) groups excluding carboxylic acids is 1. The third-order valence-electron chi connectivity index (χ3n) is 4.82. The minimum absolute atomic E-state index is 0.124. The number of anilines is 1. The summed E-state index contributed by atoms with van der Waals surface area (Å²) in [6, 6.07) is 17.4. The van der Waals surface area contributed by atoms with Gasteiger partial charge in [-0.1, -0.05) is 48.5 Å². The molecule has 0 aliphatic carbocycles. The summed E-state index contributed by atoms with van der Waals surface area (Å²) in [7, 11) is -3.57. The quantitative estimate of drug-likeness (QED) is 0.743. The lowest BCUT2D eigenvalue weighted by Crippen LogP contribution is -2.44. The van der Waals surface area contributed by atoms with Crippen LogP contribution >= 0.6 is 0 Å². The zero-order valence-electron chi connectivity index (χ0n) is 15.6. The summed E-state index contributed by atoms with van der Waals surface area (Å²) in [5.74, 6) is -0.124. The van der Waals surface area contributed by atoms with Crippen molar-refractivity contribution >= 4 is 21.8 Å². The van der Waals surface area contributed by atoms with Crippen LogP contribution in [0.4, 0.5) is 10.5 Å². The summed E-state index contributed by atoms with van der Waals surface area (Å²) in [6.45, 7) is 0.304. The van der Waals surface area contributed by atoms with Crippen molar-refractivity contribution in [3.63, 3.8) is 0 Å². The molecular formula is C20H22N2O6S. The van der Waals surface area contributed by atoms with E-state index in [1.807, 2.05) is 12.1 Å². The van der Waals surface area contributed by atoms with Gasteiger partial charge in [-0.2, -0.15) is 0 Å². The SMILES string of the molecule is O=C(Nc1ccccc1)OC1COC2C(NS(=O)(=O)Cc3ccccc3)COC12. The number of sulfonamides is 1. The van der Waals surface area contributed by atoms with Crippen LogP contribution in [0.25, 0.3) is 0 Å². The molecule has 8 nitrogen and oxygen atoms in total. The third-order valence-corrected chi connectivity index (χ3v) is 6.19. The second-order valence-corrected chi connectivity index (χ2v) is 8.75. The van der Waals surface area contributed by atoms with Crippen molar-refractivity contribution < 1.29 is 27.4 Å². The van der Waals surface area contributed by atoms with E-state index in [0.717, 1.165) is 0 Å². The molecule has 0 spiro atoms. The average molecular weight is 418 g/mol. The van der Waals surface area contributed by atoms with Crippen molar-refractivity contribution in [2.24, 2.45) is 0 Å². The summed E-state index contributed by atoms with van der Waals surface area (Å²) in [6.07, 6.45) is -2.23. The molecule has 154 valence electrons. The van der Waals surface area contributed by atoms with E-state index in [1.165, 1.54) is 0 Å². The average Bonchev–Trinajstić information content (AvgIpc) is 3.26. The van der Waals surface area contributed by atoms with Gasteiger partial charge in [-0.05, 0) is 17.7 Å². The molecule has 2 fully saturated rings. The number of benzene rings is 2. The minimum atomic E-state index is -3.57. The molecule has 0 bridgehead atoms. The first kappa shape index (κ1) is 19.8. The van der Waals surface area contributed by atoms with Crippen LogP contribution < -0.4 is 10.0 Å². The highest BCUT2D eigenvalue weighted by Gasteiger charge is 2.50. The summed E-state index contributed by atoms with van der Waals surface area (Å²) >= 11 is 0. The molecule has 4 atom stereocenters. The van der Waals surface area contributed by atoms with Gasteiger partial charge in [0.05, 0.1) is 25.0 Å². The topological polar surface area (TPSA) is 103 Å². The van der Waals surface area contributed by atoms with Crippen molar-refractivity contribution in [2.45, 2.75) is 30.1 Å². The first-order valence-corrected chi connectivity index (χ1v) is 11.0. The summed E-state index contributed by atoms with van der Waals surface area (Å²) in [5.41, 5.74) is 1.31. The van der Waals surface area contributed by atoms with E-state index in [0.29, 0.717) is 11.3 Å². The van der Waals surface area contributed by atoms with Crippen LogP contribution in [-0.4, -0.2) is 52.1 Å². The molecule has 0 radical (unpaired) electrons. The van der Waals surface area contributed by atoms with Gasteiger partial charge in [0, 0.05) is 5.69 Å². The van der Waals surface area contributed by atoms with Crippen LogP contribution in [-0.2, 0) is 30.0 Å². The van der Waals surface area contributed by atoms with Crippen LogP contribution in [0, 0.1) is 0 Å². The molecule has 2 aliphatic heterocycles. The number of hydrogen-bond acceptors (Lipinski definition) is 6. The smallest absolute Gasteiger partial charge is 0.412 e. The Morgan fingerprint density at radius 3 is 2.34 bits per heavy atom. The van der Waals surface area contributed by atoms with Gasteiger partial charge >= 0.3 is 6.09 Å². The Kier molecular flexibility index (Phi) is 5.81. The zero-order chi connectivity index (χ0) is 20.3. The van der Waals surface area contributed by atoms with Crippen molar-refractivity contribution in [1.29, 1.82) is 0 Å². The first-order valence-electron chi connectivity index (χ1n) is 9.30. The summed E-state index contributed by atoms with van der Waals surface area (Å²) < 4.78 is 44.4. The molecule has 0 aromatic heterocycles. The van der Waals surface area contributed by atoms with E-state index >= 15 is 0 Å². The molecule has 4 unspecified atom stereocenters. The van der Waals surface area contributed by atoms with Crippen LogP contribution in [0.3, 0.4) is 0 Å². The van der Waals surface area contributed by atoms with Gasteiger partial charge in [-0.25, -0.2) is 17.9 Å². The molecule has 2 saturated heterocycles. The Morgan fingerprint density at radius 2 is 1.62 bits per heavy atom. The van der Waals surface area contributed by atoms with Gasteiger partial charge in [0.25, 0.3) is 0 Å². The van der Waals surface area contributed by atoms with Crippen LogP contribution in [0.1, 0.15) is 5.56 Å². The van der Waals surface area contributed by atoms with E-state index in [-0.39, 0.29) is 19.0 Å². The highest BCUT2D eigenvalue weighted by Crippen LogP contribution is 2.29. The highest BCUT2D eigenvalue weighted by molar-refractivity contribution is 7.88. The fourth-order valence-corrected chi connectivity index (χ4v) is 4.92. The number of hydrogen-bond donors (Lipinski definition) is 2. The van der Waals surface area contributed by atoms with Gasteiger partial charge in [0.15, 0.2) is 6.10 Å². The van der Waals surface area contributed by atoms with Gasteiger partial charge < -0.3 is 14.2 Å². The number of carbonyl (C=O) groups is 1. The number of nitrogens with one attached hydrogen (secondary N) is 2. The van der Waals surface area contributed by atoms with E-state index in [1.54, 1.807) is 48.5 Å². The van der Waals surface area contributed by atoms with Gasteiger partial charge in [-0.15, -0.1) is 0 Å². The normalized spacial score (nSPS) is 26.1. The summed E-state index contributed by atoms with van der Waals surface area (Å²) in [5, 5.41) is 2.64. The lowest BCUT2D eigenvalue weighted by Gasteiger charge is -2.18. The second kappa shape index (κ2) is 8.50. The molecule has 2 aromatic carbocycles. The van der Waals surface area contributed by atoms with Gasteiger partial charge in [0.2, 0.25) is 10.0 Å². The molecule has 0 saturated carbocycles. The molecule has 2 aromatic rings. The van der Waals surface area contributed by atoms with Crippen LogP contribution in [0.2, 0.25) is 0 Å². The van der Waals surface area contributed by atoms with Crippen molar-refractivity contribution in [3.8, 4) is 0 Å². The minimum Gasteiger partial charge on any atom is -0.441 e. The number of ether oxygens (including phenoxy) is 3. The molecule has 29 heavy (non-hydrogen) atoms. The van der Waals surface area contributed by atoms with E-state index in [9.17, 15) is 13.2 Å². The molecule has 2 N–H and O–H groups in total. The standard InChI is InChI=1S/C20H22N2O6S/c23-20(21-15-9-5-2-6-10-15)28-17-12-27-18-16(11-26-19(17)18)22-29(24,25)13-14-7-3-1-4-8-14/h1-10,16-19,22H,11-13H2,(H,21,23). The Bertz CT molecular complexity index is 938. The highest BCUT2D eigenvalue weighted by atomic mass is 32.2. The van der Waals surface area contributed by atoms with E-state index in [2.05, 4.69) is 10.0 Å². The first-order chi connectivity index (χ1) is 14.0. The molecule has 1 amide bonds. The maximum absolute atomic E-state index is 12.5. The Morgan fingerprint density at radius 1 is 0.966 bits per heavy atom. The molecule has 4 rings (SSSR count). The Balaban J connectivity index is 1.32. The number of amides is 1. The summed E-state index contributed by atoms with van der Waals surface area (Å²) in [4.78, 5) is 12.1. The van der Waals surface area contributed by atoms with E-state index < -0.39 is 40.5 Å². The monoisotopic (exact) mass is 418 g/mol. The van der Waals surface area contributed by atoms with Crippen molar-refractivity contribution in [2.75, 3.05) is 18.5 Å². The maximum atomic E-state index is 12.5. The molecular weight excluding hydrogens is 396 g/mol. The van der Waals surface area contributed by atoms with Crippen molar-refractivity contribution in [1.82, 2.24) is 4.72 Å². The molecule has 2 aliphatic rings. The fraction of sp³-hybridized carbons (Fsp3) is 0.350. The fourth-order valence-electron chi connectivity index (χ4n) is 3.54. The Labute approximate surface area is 169 Å². The maximum Gasteiger partial charge on any atom is 0.412 e. The Hall–Kier alpha value is -2.46. The van der Waals surface area contributed by atoms with Crippen molar-refractivity contribution in [3.05, 3.63) is 66.2 Å². The molecule has 2 heterocycles. The number of rotatable bonds is 6. The predicted octanol–water partition coefficient (Wildman–Crippen LogP) is 1.89. The van der Waals surface area contributed by atoms with Gasteiger partial charge in [0.1, 0.15) is 12.2 Å². The lowest BCUT2D eigenvalue weighted by atomic mass is 10.1. The third kappa shape index (κ3) is 4.94. The lowest BCUT2D eigenvalue weighted by molar-refractivity contribution is 0.00883. The van der Waals surface area contributed by atoms with E-state index in [4.69, 9.17) is 14.2 Å².